The van der Waals surface area contributed by atoms with Crippen LogP contribution in [0, 0.1) is 19.8 Å². The minimum absolute atomic E-state index is 0.267. The van der Waals surface area contributed by atoms with E-state index < -0.39 is 0 Å². The quantitative estimate of drug-likeness (QED) is 0.172. The van der Waals surface area contributed by atoms with Crippen molar-refractivity contribution in [2.45, 2.75) is 45.8 Å². The summed E-state index contributed by atoms with van der Waals surface area (Å²) in [5.74, 6) is 2.14. The Labute approximate surface area is 247 Å². The second-order valence-corrected chi connectivity index (χ2v) is 11.4. The number of benzene rings is 4. The molecule has 4 aromatic carbocycles. The van der Waals surface area contributed by atoms with Crippen molar-refractivity contribution in [1.82, 2.24) is 0 Å². The molecular weight excluding hydrogens is 528 g/mol. The highest BCUT2D eigenvalue weighted by molar-refractivity contribution is 6.32. The number of hydrogen-bond donors (Lipinski definition) is 1. The van der Waals surface area contributed by atoms with Crippen LogP contribution in [0.5, 0.6) is 11.5 Å². The molecule has 0 unspecified atom stereocenters. The molecule has 4 aromatic rings. The summed E-state index contributed by atoms with van der Waals surface area (Å²) < 4.78 is 12.0. The maximum absolute atomic E-state index is 6.66. The number of aliphatic imine (C=N–C) groups is 1. The van der Waals surface area contributed by atoms with Crippen LogP contribution in [0.1, 0.15) is 58.7 Å². The van der Waals surface area contributed by atoms with Crippen molar-refractivity contribution >= 4 is 29.2 Å². The van der Waals surface area contributed by atoms with Gasteiger partial charge in [-0.05, 0) is 85.7 Å². The number of ether oxygens (including phenoxy) is 2. The fourth-order valence-electron chi connectivity index (χ4n) is 5.87. The summed E-state index contributed by atoms with van der Waals surface area (Å²) in [5.41, 5.74) is 9.27. The zero-order valence-electron chi connectivity index (χ0n) is 23.7. The van der Waals surface area contributed by atoms with Crippen LogP contribution >= 0.6 is 11.6 Å². The van der Waals surface area contributed by atoms with Crippen LogP contribution in [-0.2, 0) is 6.61 Å². The van der Waals surface area contributed by atoms with Gasteiger partial charge in [-0.2, -0.15) is 0 Å². The first kappa shape index (κ1) is 27.2. The van der Waals surface area contributed by atoms with Crippen molar-refractivity contribution in [3.63, 3.8) is 0 Å². The Kier molecular flexibility index (Phi) is 7.84. The molecule has 0 aromatic heterocycles. The van der Waals surface area contributed by atoms with Crippen molar-refractivity contribution in [3.8, 4) is 11.5 Å². The Hall–Kier alpha value is -4.02. The molecule has 0 spiro atoms. The zero-order valence-corrected chi connectivity index (χ0v) is 24.5. The van der Waals surface area contributed by atoms with E-state index >= 15 is 0 Å². The first-order valence-corrected chi connectivity index (χ1v) is 14.7. The van der Waals surface area contributed by atoms with Crippen LogP contribution in [0.4, 0.5) is 11.4 Å². The van der Waals surface area contributed by atoms with E-state index in [0.29, 0.717) is 41.6 Å². The Morgan fingerprint density at radius 3 is 2.49 bits per heavy atom. The molecule has 4 nitrogen and oxygen atoms in total. The summed E-state index contributed by atoms with van der Waals surface area (Å²) in [6, 6.07) is 27.6. The molecule has 1 heterocycles. The van der Waals surface area contributed by atoms with Gasteiger partial charge in [-0.15, -0.1) is 0 Å². The van der Waals surface area contributed by atoms with E-state index in [9.17, 15) is 0 Å². The van der Waals surface area contributed by atoms with Gasteiger partial charge in [0, 0.05) is 17.8 Å². The molecule has 5 heteroatoms. The molecule has 1 aliphatic carbocycles. The predicted molar refractivity (Wildman–Crippen MR) is 169 cm³/mol. The molecule has 3 atom stereocenters. The summed E-state index contributed by atoms with van der Waals surface area (Å²) in [6.07, 6.45) is 7.63. The lowest BCUT2D eigenvalue weighted by atomic mass is 9.76. The number of allylic oxidation sites excluding steroid dienone is 2. The van der Waals surface area contributed by atoms with Crippen molar-refractivity contribution in [2.24, 2.45) is 10.9 Å². The SMILES string of the molecule is CCOc1cc(C=Nc2ccc([C@@H]3Nc4ccc(C)cc4[C@@H]4C=CC[C@H]43)cc2)cc(Cl)c1OCc1ccc(C)cc1. The van der Waals surface area contributed by atoms with Crippen molar-refractivity contribution in [2.75, 3.05) is 11.9 Å². The smallest absolute Gasteiger partial charge is 0.180 e. The number of fused-ring (bicyclic) bond motifs is 3. The first-order valence-electron chi connectivity index (χ1n) is 14.3. The molecule has 41 heavy (non-hydrogen) atoms. The van der Waals surface area contributed by atoms with Crippen molar-refractivity contribution in [1.29, 1.82) is 0 Å². The van der Waals surface area contributed by atoms with Gasteiger partial charge in [0.05, 0.1) is 23.4 Å². The van der Waals surface area contributed by atoms with E-state index in [1.54, 1.807) is 0 Å². The monoisotopic (exact) mass is 562 g/mol. The lowest BCUT2D eigenvalue weighted by Crippen LogP contribution is -2.29. The molecule has 0 fully saturated rings. The average Bonchev–Trinajstić information content (AvgIpc) is 3.47. The number of halogens is 1. The molecule has 6 rings (SSSR count). The predicted octanol–water partition coefficient (Wildman–Crippen LogP) is 9.51. The molecule has 0 saturated carbocycles. The third-order valence-electron chi connectivity index (χ3n) is 7.97. The number of nitrogens with one attached hydrogen (secondary N) is 1. The summed E-state index contributed by atoms with van der Waals surface area (Å²) in [7, 11) is 0. The highest BCUT2D eigenvalue weighted by Crippen LogP contribution is 2.50. The van der Waals surface area contributed by atoms with E-state index in [-0.39, 0.29) is 6.04 Å². The normalized spacial score (nSPS) is 19.1. The minimum atomic E-state index is 0.267. The lowest BCUT2D eigenvalue weighted by Gasteiger charge is -2.37. The molecule has 1 aliphatic heterocycles. The summed E-state index contributed by atoms with van der Waals surface area (Å²) in [4.78, 5) is 4.74. The molecule has 0 amide bonds. The van der Waals surface area contributed by atoms with Crippen LogP contribution in [0.2, 0.25) is 5.02 Å². The number of aryl methyl sites for hydroxylation is 2. The van der Waals surface area contributed by atoms with E-state index in [0.717, 1.165) is 23.2 Å². The second kappa shape index (κ2) is 11.8. The highest BCUT2D eigenvalue weighted by Gasteiger charge is 2.37. The van der Waals surface area contributed by atoms with Crippen LogP contribution in [0.15, 0.2) is 96.0 Å². The van der Waals surface area contributed by atoms with Gasteiger partial charge in [-0.3, -0.25) is 4.99 Å². The lowest BCUT2D eigenvalue weighted by molar-refractivity contribution is 0.269. The van der Waals surface area contributed by atoms with Gasteiger partial charge in [-0.1, -0.05) is 83.4 Å². The van der Waals surface area contributed by atoms with Gasteiger partial charge >= 0.3 is 0 Å². The number of anilines is 1. The zero-order chi connectivity index (χ0) is 28.3. The third-order valence-corrected chi connectivity index (χ3v) is 8.25. The molecule has 208 valence electrons. The van der Waals surface area contributed by atoms with Crippen LogP contribution in [0.25, 0.3) is 0 Å². The van der Waals surface area contributed by atoms with Gasteiger partial charge in [0.15, 0.2) is 11.5 Å². The van der Waals surface area contributed by atoms with Crippen molar-refractivity contribution in [3.05, 3.63) is 129 Å². The maximum atomic E-state index is 6.66. The van der Waals surface area contributed by atoms with Gasteiger partial charge in [0.2, 0.25) is 0 Å². The molecule has 0 saturated heterocycles. The van der Waals surface area contributed by atoms with E-state index in [2.05, 4.69) is 98.0 Å². The summed E-state index contributed by atoms with van der Waals surface area (Å²) in [5, 5.41) is 4.32. The maximum Gasteiger partial charge on any atom is 0.180 e. The van der Waals surface area contributed by atoms with Gasteiger partial charge in [0.25, 0.3) is 0 Å². The Balaban J connectivity index is 1.17. The number of nitrogens with zero attached hydrogens (tertiary/aromatic N) is 1. The van der Waals surface area contributed by atoms with E-state index in [1.165, 1.54) is 27.9 Å². The average molecular weight is 563 g/mol. The first-order chi connectivity index (χ1) is 20.0. The fourth-order valence-corrected chi connectivity index (χ4v) is 6.14. The Bertz CT molecular complexity index is 1590. The minimum Gasteiger partial charge on any atom is -0.490 e. The van der Waals surface area contributed by atoms with E-state index in [4.69, 9.17) is 26.1 Å². The van der Waals surface area contributed by atoms with Gasteiger partial charge in [0.1, 0.15) is 6.61 Å². The Morgan fingerprint density at radius 1 is 0.927 bits per heavy atom. The summed E-state index contributed by atoms with van der Waals surface area (Å²) in [6.45, 7) is 7.11. The number of hydrogen-bond acceptors (Lipinski definition) is 4. The molecule has 2 aliphatic rings. The van der Waals surface area contributed by atoms with Gasteiger partial charge in [-0.25, -0.2) is 0 Å². The molecule has 0 radical (unpaired) electrons. The van der Waals surface area contributed by atoms with Crippen LogP contribution in [-0.4, -0.2) is 12.8 Å². The molecule has 0 bridgehead atoms. The topological polar surface area (TPSA) is 42.8 Å². The van der Waals surface area contributed by atoms with E-state index in [1.807, 2.05) is 25.3 Å². The largest absolute Gasteiger partial charge is 0.490 e. The fraction of sp³-hybridized carbons (Fsp3) is 0.250. The summed E-state index contributed by atoms with van der Waals surface area (Å²) >= 11 is 6.66. The second-order valence-electron chi connectivity index (χ2n) is 11.0. The van der Waals surface area contributed by atoms with Crippen LogP contribution in [0.3, 0.4) is 0 Å². The standard InChI is InChI=1S/C36H35ClN2O2/c1-4-40-34-20-26(19-32(37)36(34)41-22-25-11-8-23(2)9-12-25)21-38-28-15-13-27(14-16-28)35-30-7-5-6-29(30)31-18-24(3)10-17-33(31)39-35/h5-6,8-21,29-30,35,39H,4,7,22H2,1-3H3/t29-,30-,35+/m1/s1. The highest BCUT2D eigenvalue weighted by atomic mass is 35.5. The Morgan fingerprint density at radius 2 is 1.71 bits per heavy atom. The number of rotatable bonds is 8. The van der Waals surface area contributed by atoms with Crippen molar-refractivity contribution < 1.29 is 9.47 Å². The molecular formula is C36H35ClN2O2. The molecule has 1 N–H and O–H groups in total. The van der Waals surface area contributed by atoms with Gasteiger partial charge < -0.3 is 14.8 Å². The third kappa shape index (κ3) is 5.89. The van der Waals surface area contributed by atoms with Crippen LogP contribution < -0.4 is 14.8 Å².